The molecule has 3 heterocycles. The molecule has 0 N–H and O–H groups in total. The van der Waals surface area contributed by atoms with E-state index in [1.54, 1.807) is 7.11 Å². The largest absolute Gasteiger partial charge is 0.497 e. The lowest BCUT2D eigenvalue weighted by Gasteiger charge is -2.32. The van der Waals surface area contributed by atoms with E-state index in [4.69, 9.17) is 14.2 Å². The van der Waals surface area contributed by atoms with Gasteiger partial charge in [0.25, 0.3) is 0 Å². The summed E-state index contributed by atoms with van der Waals surface area (Å²) < 4.78 is 46.1. The van der Waals surface area contributed by atoms with Gasteiger partial charge in [0.2, 0.25) is 9.84 Å². The molecule has 4 atom stereocenters. The molecule has 4 aromatic rings. The number of methoxy groups -OCH3 is 1. The van der Waals surface area contributed by atoms with Crippen molar-refractivity contribution in [1.82, 2.24) is 14.5 Å². The number of benzene rings is 2. The van der Waals surface area contributed by atoms with Crippen LogP contribution in [-0.4, -0.2) is 42.8 Å². The third kappa shape index (κ3) is 4.27. The Morgan fingerprint density at radius 1 is 1.03 bits per heavy atom. The Labute approximate surface area is 209 Å². The summed E-state index contributed by atoms with van der Waals surface area (Å²) in [6.07, 6.45) is 4.59. The molecule has 1 saturated heterocycles. The number of hydrogen-bond donors (Lipinski definition) is 0. The van der Waals surface area contributed by atoms with Crippen molar-refractivity contribution in [3.05, 3.63) is 84.3 Å². The topological polar surface area (TPSA) is 92.5 Å². The molecule has 0 bridgehead atoms. The lowest BCUT2D eigenvalue weighted by molar-refractivity contribution is -0.233. The van der Waals surface area contributed by atoms with Crippen LogP contribution in [0.25, 0.3) is 11.0 Å². The third-order valence-corrected chi connectivity index (χ3v) is 8.74. The molecule has 2 aliphatic rings. The standard InChI is InChI=1S/C27H27N3O5S/c1-33-22-9-7-19(8-10-22)27-34-15-20-13-21(14-24(20)35-27)30-12-11-23-25(30)28-17-29-26(23)36(31,32)16-18-5-3-2-4-6-18/h2-12,17,20-21,24,27H,13-16H2,1H3/t20-,21?,24-,27?/m0/s1. The summed E-state index contributed by atoms with van der Waals surface area (Å²) in [6, 6.07) is 18.8. The highest BCUT2D eigenvalue weighted by molar-refractivity contribution is 7.90. The number of aromatic nitrogens is 3. The summed E-state index contributed by atoms with van der Waals surface area (Å²) >= 11 is 0. The molecule has 1 aliphatic carbocycles. The minimum absolute atomic E-state index is 0.0522. The highest BCUT2D eigenvalue weighted by atomic mass is 32.2. The first kappa shape index (κ1) is 23.1. The van der Waals surface area contributed by atoms with Crippen LogP contribution in [0.15, 0.2) is 78.2 Å². The van der Waals surface area contributed by atoms with E-state index in [1.807, 2.05) is 66.9 Å². The fraction of sp³-hybridized carbons (Fsp3) is 0.333. The van der Waals surface area contributed by atoms with Crippen LogP contribution in [0.1, 0.15) is 36.3 Å². The van der Waals surface area contributed by atoms with E-state index in [0.29, 0.717) is 17.6 Å². The number of sulfone groups is 1. The van der Waals surface area contributed by atoms with Gasteiger partial charge in [0, 0.05) is 23.7 Å². The minimum Gasteiger partial charge on any atom is -0.497 e. The van der Waals surface area contributed by atoms with Crippen molar-refractivity contribution in [3.8, 4) is 5.75 Å². The number of hydrogen-bond acceptors (Lipinski definition) is 7. The Morgan fingerprint density at radius 3 is 2.61 bits per heavy atom. The predicted molar refractivity (Wildman–Crippen MR) is 133 cm³/mol. The molecule has 36 heavy (non-hydrogen) atoms. The average Bonchev–Trinajstić information content (AvgIpc) is 3.52. The summed E-state index contributed by atoms with van der Waals surface area (Å²) in [4.78, 5) is 8.64. The highest BCUT2D eigenvalue weighted by Gasteiger charge is 2.42. The van der Waals surface area contributed by atoms with Gasteiger partial charge >= 0.3 is 0 Å². The number of rotatable bonds is 6. The Morgan fingerprint density at radius 2 is 1.83 bits per heavy atom. The molecule has 6 rings (SSSR count). The third-order valence-electron chi connectivity index (χ3n) is 7.11. The van der Waals surface area contributed by atoms with Crippen LogP contribution in [-0.2, 0) is 25.1 Å². The van der Waals surface area contributed by atoms with Gasteiger partial charge in [0.05, 0.1) is 31.0 Å². The monoisotopic (exact) mass is 505 g/mol. The first-order valence-electron chi connectivity index (χ1n) is 12.0. The van der Waals surface area contributed by atoms with Gasteiger partial charge in [-0.15, -0.1) is 0 Å². The molecule has 0 amide bonds. The molecule has 1 aliphatic heterocycles. The summed E-state index contributed by atoms with van der Waals surface area (Å²) in [5.41, 5.74) is 2.32. The lowest BCUT2D eigenvalue weighted by Crippen LogP contribution is -2.32. The maximum absolute atomic E-state index is 13.2. The molecule has 2 aromatic carbocycles. The highest BCUT2D eigenvalue weighted by Crippen LogP contribution is 2.44. The Balaban J connectivity index is 1.22. The maximum atomic E-state index is 13.2. The molecular weight excluding hydrogens is 478 g/mol. The molecule has 8 nitrogen and oxygen atoms in total. The van der Waals surface area contributed by atoms with Crippen molar-refractivity contribution < 1.29 is 22.6 Å². The zero-order valence-electron chi connectivity index (χ0n) is 19.9. The van der Waals surface area contributed by atoms with Crippen molar-refractivity contribution >= 4 is 20.9 Å². The zero-order chi connectivity index (χ0) is 24.7. The second-order valence-corrected chi connectivity index (χ2v) is 11.3. The van der Waals surface area contributed by atoms with Gasteiger partial charge in [-0.3, -0.25) is 0 Å². The fourth-order valence-electron chi connectivity index (χ4n) is 5.32. The molecule has 9 heteroatoms. The zero-order valence-corrected chi connectivity index (χ0v) is 20.7. The van der Waals surface area contributed by atoms with E-state index in [1.165, 1.54) is 6.33 Å². The molecule has 2 aromatic heterocycles. The maximum Gasteiger partial charge on any atom is 0.200 e. The summed E-state index contributed by atoms with van der Waals surface area (Å²) in [5, 5.41) is 0.626. The SMILES string of the molecule is COc1ccc(C2OC[C@@H]3CC(n4ccc5c(S(=O)(=O)Cc6ccccc6)ncnc54)C[C@@H]3O2)cc1. The van der Waals surface area contributed by atoms with Gasteiger partial charge in [-0.1, -0.05) is 42.5 Å². The van der Waals surface area contributed by atoms with E-state index in [0.717, 1.165) is 29.7 Å². The minimum atomic E-state index is -3.63. The second-order valence-electron chi connectivity index (χ2n) is 9.38. The first-order chi connectivity index (χ1) is 17.5. The average molecular weight is 506 g/mol. The molecule has 2 unspecified atom stereocenters. The molecule has 1 saturated carbocycles. The van der Waals surface area contributed by atoms with Gasteiger partial charge in [-0.25, -0.2) is 18.4 Å². The van der Waals surface area contributed by atoms with Crippen LogP contribution < -0.4 is 4.74 Å². The predicted octanol–water partition coefficient (Wildman–Crippen LogP) is 4.48. The number of ether oxygens (including phenoxy) is 3. The Kier molecular flexibility index (Phi) is 5.99. The van der Waals surface area contributed by atoms with Crippen LogP contribution in [0.5, 0.6) is 5.75 Å². The van der Waals surface area contributed by atoms with Gasteiger partial charge in [-0.05, 0) is 36.6 Å². The van der Waals surface area contributed by atoms with Crippen LogP contribution in [0.3, 0.4) is 0 Å². The van der Waals surface area contributed by atoms with E-state index < -0.39 is 16.1 Å². The molecule has 0 spiro atoms. The van der Waals surface area contributed by atoms with Gasteiger partial charge in [-0.2, -0.15) is 0 Å². The first-order valence-corrected chi connectivity index (χ1v) is 13.7. The smallest absolute Gasteiger partial charge is 0.200 e. The normalized spacial score (nSPS) is 24.0. The molecule has 0 radical (unpaired) electrons. The Bertz CT molecular complexity index is 1470. The quantitative estimate of drug-likeness (QED) is 0.357. The van der Waals surface area contributed by atoms with Crippen LogP contribution in [0, 0.1) is 5.92 Å². The van der Waals surface area contributed by atoms with Crippen molar-refractivity contribution in [3.63, 3.8) is 0 Å². The number of nitrogens with zero attached hydrogens (tertiary/aromatic N) is 3. The van der Waals surface area contributed by atoms with Gasteiger partial charge in [0.1, 0.15) is 17.7 Å². The van der Waals surface area contributed by atoms with Crippen LogP contribution >= 0.6 is 0 Å². The van der Waals surface area contributed by atoms with Gasteiger partial charge < -0.3 is 18.8 Å². The lowest BCUT2D eigenvalue weighted by atomic mass is 10.1. The van der Waals surface area contributed by atoms with E-state index in [2.05, 4.69) is 14.5 Å². The fourth-order valence-corrected chi connectivity index (χ4v) is 6.79. The van der Waals surface area contributed by atoms with Crippen molar-refractivity contribution in [2.75, 3.05) is 13.7 Å². The van der Waals surface area contributed by atoms with E-state index in [9.17, 15) is 8.42 Å². The van der Waals surface area contributed by atoms with Gasteiger partial charge in [0.15, 0.2) is 11.3 Å². The molecular formula is C27H27N3O5S. The summed E-state index contributed by atoms with van der Waals surface area (Å²) in [7, 11) is -1.99. The van der Waals surface area contributed by atoms with Crippen molar-refractivity contribution in [1.29, 1.82) is 0 Å². The summed E-state index contributed by atoms with van der Waals surface area (Å²) in [6.45, 7) is 0.614. The van der Waals surface area contributed by atoms with Crippen molar-refractivity contribution in [2.24, 2.45) is 5.92 Å². The Hall–Kier alpha value is -3.27. The van der Waals surface area contributed by atoms with Crippen molar-refractivity contribution in [2.45, 2.75) is 42.1 Å². The van der Waals surface area contributed by atoms with Crippen LogP contribution in [0.4, 0.5) is 0 Å². The number of fused-ring (bicyclic) bond motifs is 2. The molecule has 186 valence electrons. The van der Waals surface area contributed by atoms with Crippen LogP contribution in [0.2, 0.25) is 0 Å². The summed E-state index contributed by atoms with van der Waals surface area (Å²) in [5.74, 6) is 0.960. The second kappa shape index (κ2) is 9.31. The van der Waals surface area contributed by atoms with E-state index >= 15 is 0 Å². The van der Waals surface area contributed by atoms with E-state index in [-0.39, 0.29) is 28.8 Å². The molecule has 2 fully saturated rings.